The molecule has 35 heavy (non-hydrogen) atoms. The number of benzene rings is 1. The summed E-state index contributed by atoms with van der Waals surface area (Å²) in [6.07, 6.45) is 0.888. The zero-order valence-electron chi connectivity index (χ0n) is 22.2. The normalized spacial score (nSPS) is 18.5. The number of esters is 1. The Labute approximate surface area is 213 Å². The summed E-state index contributed by atoms with van der Waals surface area (Å²) in [5.41, 5.74) is -1.30. The summed E-state index contributed by atoms with van der Waals surface area (Å²) >= 11 is 0.965. The second-order valence-electron chi connectivity index (χ2n) is 10.8. The van der Waals surface area contributed by atoms with Gasteiger partial charge in [0.2, 0.25) is 0 Å². The topological polar surface area (TPSA) is 77.4 Å². The van der Waals surface area contributed by atoms with Crippen LogP contribution in [0.4, 0.5) is 9.18 Å². The lowest BCUT2D eigenvalue weighted by atomic mass is 9.90. The van der Waals surface area contributed by atoms with Gasteiger partial charge >= 0.3 is 12.1 Å². The van der Waals surface area contributed by atoms with Gasteiger partial charge in [-0.3, -0.25) is 0 Å². The molecule has 0 radical (unpaired) electrons. The summed E-state index contributed by atoms with van der Waals surface area (Å²) in [4.78, 5) is 31.9. The Balaban J connectivity index is 2.53. The molecule has 1 aromatic rings. The van der Waals surface area contributed by atoms with Gasteiger partial charge < -0.3 is 14.2 Å². The van der Waals surface area contributed by atoms with Crippen molar-refractivity contribution in [3.05, 3.63) is 46.1 Å². The van der Waals surface area contributed by atoms with E-state index in [0.717, 1.165) is 17.8 Å². The van der Waals surface area contributed by atoms with Crippen molar-refractivity contribution in [1.29, 1.82) is 0 Å². The maximum absolute atomic E-state index is 15.2. The molecule has 0 aliphatic carbocycles. The quantitative estimate of drug-likeness (QED) is 0.187. The number of thioether (sulfide) groups is 1. The van der Waals surface area contributed by atoms with Crippen molar-refractivity contribution in [1.82, 2.24) is 4.90 Å². The van der Waals surface area contributed by atoms with Crippen molar-refractivity contribution in [2.24, 2.45) is 4.99 Å². The number of amidine groups is 1. The summed E-state index contributed by atoms with van der Waals surface area (Å²) in [6, 6.07) is 5.92. The number of carbonyl (C=O) groups excluding carboxylic acids is 2. The maximum atomic E-state index is 15.2. The van der Waals surface area contributed by atoms with Crippen LogP contribution in [-0.4, -0.2) is 56.3 Å². The molecule has 0 N–H and O–H groups in total. The highest BCUT2D eigenvalue weighted by molar-refractivity contribution is 8.17. The van der Waals surface area contributed by atoms with Gasteiger partial charge in [-0.15, -0.1) is 0 Å². The van der Waals surface area contributed by atoms with Gasteiger partial charge in [0.25, 0.3) is 0 Å². The largest absolute Gasteiger partial charge is 0.465 e. The molecule has 2 rings (SSSR count). The Kier molecular flexibility index (Phi) is 9.35. The zero-order chi connectivity index (χ0) is 26.6. The summed E-state index contributed by atoms with van der Waals surface area (Å²) < 4.78 is 31.6. The summed E-state index contributed by atoms with van der Waals surface area (Å²) in [7, 11) is -0.0822. The highest BCUT2D eigenvalue weighted by atomic mass is 32.2. The van der Waals surface area contributed by atoms with Gasteiger partial charge in [0, 0.05) is 20.2 Å². The van der Waals surface area contributed by atoms with Crippen LogP contribution in [-0.2, 0) is 24.5 Å². The van der Waals surface area contributed by atoms with Crippen LogP contribution < -0.4 is 0 Å². The molecular formula is C25H37FN2O5SSi. The van der Waals surface area contributed by atoms with Gasteiger partial charge in [0.05, 0.1) is 12.0 Å². The third-order valence-electron chi connectivity index (χ3n) is 5.13. The first-order valence-electron chi connectivity index (χ1n) is 11.5. The van der Waals surface area contributed by atoms with Crippen LogP contribution in [0.25, 0.3) is 0 Å². The molecule has 0 fully saturated rings. The molecule has 0 spiro atoms. The fourth-order valence-corrected chi connectivity index (χ4v) is 5.05. The summed E-state index contributed by atoms with van der Waals surface area (Å²) in [6.45, 7) is 15.7. The van der Waals surface area contributed by atoms with Crippen molar-refractivity contribution in [3.8, 4) is 0 Å². The lowest BCUT2D eigenvalue weighted by Crippen LogP contribution is -2.43. The Morgan fingerprint density at radius 3 is 2.46 bits per heavy atom. The second kappa shape index (κ2) is 11.3. The van der Waals surface area contributed by atoms with Crippen molar-refractivity contribution < 1.29 is 28.2 Å². The number of amides is 1. The molecule has 0 saturated carbocycles. The molecular weight excluding hydrogens is 487 g/mol. The van der Waals surface area contributed by atoms with E-state index >= 15 is 4.39 Å². The number of carbonyl (C=O) groups is 2. The first kappa shape index (κ1) is 29.1. The third kappa shape index (κ3) is 8.18. The SMILES string of the molecule is COC(=O)C1=C[C@@](C)(c2cccc(C)c2F)N=C(N(COCC[Si](C)(C)C)C(=O)OC(C)(C)C)S1. The number of ether oxygens (including phenoxy) is 3. The molecule has 0 saturated heterocycles. The number of aliphatic imine (C=N–C) groups is 1. The molecule has 1 aliphatic heterocycles. The van der Waals surface area contributed by atoms with E-state index in [1.807, 2.05) is 0 Å². The molecule has 1 aromatic carbocycles. The Morgan fingerprint density at radius 1 is 1.23 bits per heavy atom. The van der Waals surface area contributed by atoms with Crippen LogP contribution in [0.1, 0.15) is 38.8 Å². The number of hydrogen-bond acceptors (Lipinski definition) is 7. The number of halogens is 1. The fourth-order valence-electron chi connectivity index (χ4n) is 3.17. The average Bonchev–Trinajstić information content (AvgIpc) is 2.72. The summed E-state index contributed by atoms with van der Waals surface area (Å²) in [5.74, 6) is -1.04. The van der Waals surface area contributed by atoms with Gasteiger partial charge in [0.15, 0.2) is 5.17 Å². The van der Waals surface area contributed by atoms with Crippen LogP contribution in [0.15, 0.2) is 34.2 Å². The van der Waals surface area contributed by atoms with Gasteiger partial charge in [-0.1, -0.05) is 37.8 Å². The van der Waals surface area contributed by atoms with E-state index in [0.29, 0.717) is 12.2 Å². The van der Waals surface area contributed by atoms with Crippen LogP contribution in [0, 0.1) is 12.7 Å². The first-order chi connectivity index (χ1) is 16.1. The highest BCUT2D eigenvalue weighted by Crippen LogP contribution is 2.40. The fraction of sp³-hybridized carbons (Fsp3) is 0.560. The summed E-state index contributed by atoms with van der Waals surface area (Å²) in [5, 5.41) is 0.165. The van der Waals surface area contributed by atoms with Crippen molar-refractivity contribution >= 4 is 37.1 Å². The van der Waals surface area contributed by atoms with Gasteiger partial charge in [-0.25, -0.2) is 23.9 Å². The zero-order valence-corrected chi connectivity index (χ0v) is 24.0. The monoisotopic (exact) mass is 524 g/mol. The number of rotatable bonds is 7. The predicted molar refractivity (Wildman–Crippen MR) is 141 cm³/mol. The van der Waals surface area contributed by atoms with Crippen LogP contribution in [0.2, 0.25) is 25.7 Å². The molecule has 194 valence electrons. The molecule has 0 unspecified atom stereocenters. The van der Waals surface area contributed by atoms with Crippen molar-refractivity contribution in [3.63, 3.8) is 0 Å². The van der Waals surface area contributed by atoms with E-state index in [1.165, 1.54) is 12.0 Å². The number of aryl methyl sites for hydroxylation is 1. The van der Waals surface area contributed by atoms with Crippen molar-refractivity contribution in [2.45, 2.75) is 71.4 Å². The molecule has 1 aliphatic rings. The third-order valence-corrected chi connectivity index (χ3v) is 7.83. The number of nitrogens with zero attached hydrogens (tertiary/aromatic N) is 2. The highest BCUT2D eigenvalue weighted by Gasteiger charge is 2.38. The van der Waals surface area contributed by atoms with E-state index in [1.54, 1.807) is 58.9 Å². The lowest BCUT2D eigenvalue weighted by Gasteiger charge is -2.33. The van der Waals surface area contributed by atoms with E-state index in [2.05, 4.69) is 19.6 Å². The van der Waals surface area contributed by atoms with E-state index in [9.17, 15) is 9.59 Å². The molecule has 1 amide bonds. The minimum Gasteiger partial charge on any atom is -0.465 e. The van der Waals surface area contributed by atoms with Crippen LogP contribution in [0.3, 0.4) is 0 Å². The first-order valence-corrected chi connectivity index (χ1v) is 16.0. The Morgan fingerprint density at radius 2 is 1.89 bits per heavy atom. The molecule has 1 heterocycles. The molecule has 1 atom stereocenters. The molecule has 0 aromatic heterocycles. The Hall–Kier alpha value is -2.17. The Bertz CT molecular complexity index is 1020. The molecule has 10 heteroatoms. The lowest BCUT2D eigenvalue weighted by molar-refractivity contribution is -0.135. The van der Waals surface area contributed by atoms with E-state index in [4.69, 9.17) is 19.2 Å². The van der Waals surface area contributed by atoms with Gasteiger partial charge in [-0.05, 0) is 64.1 Å². The van der Waals surface area contributed by atoms with E-state index < -0.39 is 37.1 Å². The van der Waals surface area contributed by atoms with Gasteiger partial charge in [-0.2, -0.15) is 0 Å². The average molecular weight is 525 g/mol. The van der Waals surface area contributed by atoms with Crippen LogP contribution in [0.5, 0.6) is 0 Å². The predicted octanol–water partition coefficient (Wildman–Crippen LogP) is 6.06. The van der Waals surface area contributed by atoms with E-state index in [-0.39, 0.29) is 22.4 Å². The van der Waals surface area contributed by atoms with Crippen molar-refractivity contribution in [2.75, 3.05) is 20.4 Å². The minimum atomic E-state index is -1.35. The number of hydrogen-bond donors (Lipinski definition) is 0. The van der Waals surface area contributed by atoms with Crippen LogP contribution >= 0.6 is 11.8 Å². The van der Waals surface area contributed by atoms with Gasteiger partial charge in [0.1, 0.15) is 23.7 Å². The molecule has 0 bridgehead atoms. The maximum Gasteiger partial charge on any atom is 0.418 e. The molecule has 7 nitrogen and oxygen atoms in total. The smallest absolute Gasteiger partial charge is 0.418 e. The second-order valence-corrected chi connectivity index (χ2v) is 17.5. The standard InChI is InChI=1S/C25H37FN2O5SSi/c1-17-11-10-12-18(20(17)26)25(5)15-19(21(29)31-6)34-22(27-25)28(23(30)33-24(2,3)4)16-32-13-14-35(7,8)9/h10-12,15H,13-14,16H2,1-9H3/t25-/m0/s1. The minimum absolute atomic E-state index is 0.119. The number of methoxy groups -OCH3 is 1.